The van der Waals surface area contributed by atoms with Crippen molar-refractivity contribution in [2.75, 3.05) is 39.3 Å². The van der Waals surface area contributed by atoms with Gasteiger partial charge in [-0.15, -0.1) is 0 Å². The van der Waals surface area contributed by atoms with Crippen molar-refractivity contribution < 1.29 is 30.6 Å². The van der Waals surface area contributed by atoms with Crippen LogP contribution in [-0.4, -0.2) is 73.1 Å². The molecule has 0 heterocycles. The maximum absolute atomic E-state index is 10.7. The van der Waals surface area contributed by atoms with Crippen LogP contribution >= 0.6 is 0 Å². The first-order valence-corrected chi connectivity index (χ1v) is 15.5. The fourth-order valence-corrected chi connectivity index (χ4v) is 3.91. The molecule has 0 fully saturated rings. The van der Waals surface area contributed by atoms with Crippen molar-refractivity contribution in [2.24, 2.45) is 4.99 Å². The Labute approximate surface area is 220 Å². The third-order valence-electron chi connectivity index (χ3n) is 6.14. The highest BCUT2D eigenvalue weighted by molar-refractivity contribution is 7.86. The zero-order valence-electron chi connectivity index (χ0n) is 23.8. The lowest BCUT2D eigenvalue weighted by molar-refractivity contribution is -0.848. The summed E-state index contributed by atoms with van der Waals surface area (Å²) in [6.45, 7) is 21.1. The minimum Gasteiger partial charge on any atom is -0.741 e. The predicted molar refractivity (Wildman–Crippen MR) is 144 cm³/mol. The Morgan fingerprint density at radius 3 is 1.33 bits per heavy atom. The number of nitrogens with zero attached hydrogens (tertiary/aromatic N) is 3. The second-order valence-electron chi connectivity index (χ2n) is 9.51. The molecule has 0 rings (SSSR count). The summed E-state index contributed by atoms with van der Waals surface area (Å²) in [7, 11) is -6.09. The Kier molecular flexibility index (Phi) is 21.9. The first-order valence-electron chi connectivity index (χ1n) is 14.1. The molecule has 0 unspecified atom stereocenters. The van der Waals surface area contributed by atoms with E-state index in [0.29, 0.717) is 0 Å². The van der Waals surface area contributed by atoms with Gasteiger partial charge in [0.1, 0.15) is 0 Å². The van der Waals surface area contributed by atoms with Crippen molar-refractivity contribution in [3.63, 3.8) is 0 Å². The molecule has 218 valence electrons. The normalized spacial score (nSPS) is 12.9. The van der Waals surface area contributed by atoms with E-state index in [1.165, 1.54) is 116 Å². The molecule has 0 aliphatic carbocycles. The third kappa shape index (κ3) is 16.1. The molecule has 0 saturated carbocycles. The number of guanidine groups is 1. The molecule has 0 spiro atoms. The van der Waals surface area contributed by atoms with Crippen molar-refractivity contribution in [1.29, 1.82) is 0 Å². The summed E-state index contributed by atoms with van der Waals surface area (Å²) < 4.78 is 60.0. The number of unbranched alkanes of at least 4 members (excludes halogenated alkanes) is 6. The van der Waals surface area contributed by atoms with Gasteiger partial charge in [0, 0.05) is 19.6 Å². The molecule has 0 radical (unpaired) electrons. The zero-order chi connectivity index (χ0) is 28.1. The van der Waals surface area contributed by atoms with E-state index in [1.54, 1.807) is 0 Å². The van der Waals surface area contributed by atoms with Crippen molar-refractivity contribution in [1.82, 2.24) is 4.90 Å². The molecule has 0 aromatic rings. The maximum atomic E-state index is 10.7. The van der Waals surface area contributed by atoms with E-state index in [1.807, 2.05) is 0 Å². The molecule has 6 nitrogen and oxygen atoms in total. The van der Waals surface area contributed by atoms with Gasteiger partial charge in [-0.2, -0.15) is 13.2 Å². The number of hydrogen-bond acceptors (Lipinski definition) is 4. The Bertz CT molecular complexity index is 627. The fourth-order valence-electron chi connectivity index (χ4n) is 3.91. The molecule has 0 aliphatic heterocycles. The Balaban J connectivity index is 0. The Hall–Kier alpha value is -0.870. The molecular weight excluding hydrogens is 491 g/mol. The van der Waals surface area contributed by atoms with E-state index in [9.17, 15) is 13.2 Å². The van der Waals surface area contributed by atoms with Crippen LogP contribution in [-0.2, 0) is 10.1 Å². The van der Waals surface area contributed by atoms with E-state index in [-0.39, 0.29) is 0 Å². The smallest absolute Gasteiger partial charge is 0.485 e. The van der Waals surface area contributed by atoms with Crippen molar-refractivity contribution in [3.8, 4) is 0 Å². The number of rotatable bonds is 18. The van der Waals surface area contributed by atoms with Crippen LogP contribution in [0.2, 0.25) is 0 Å². The zero-order valence-corrected chi connectivity index (χ0v) is 24.7. The van der Waals surface area contributed by atoms with E-state index in [4.69, 9.17) is 18.0 Å². The number of quaternary nitrogens is 1. The average Bonchev–Trinajstić information content (AvgIpc) is 2.82. The highest BCUT2D eigenvalue weighted by atomic mass is 32.2. The molecule has 0 atom stereocenters. The molecular formula is C26H54F3N3O3S. The molecule has 0 aliphatic rings. The van der Waals surface area contributed by atoms with Gasteiger partial charge in [0.05, 0.1) is 19.6 Å². The predicted octanol–water partition coefficient (Wildman–Crippen LogP) is 7.31. The van der Waals surface area contributed by atoms with Gasteiger partial charge in [0.2, 0.25) is 0 Å². The first-order chi connectivity index (χ1) is 16.9. The molecule has 36 heavy (non-hydrogen) atoms. The summed E-state index contributed by atoms with van der Waals surface area (Å²) in [4.78, 5) is 8.08. The van der Waals surface area contributed by atoms with E-state index >= 15 is 0 Å². The highest BCUT2D eigenvalue weighted by Crippen LogP contribution is 2.21. The van der Waals surface area contributed by atoms with Gasteiger partial charge in [-0.3, -0.25) is 4.48 Å². The van der Waals surface area contributed by atoms with E-state index in [2.05, 4.69) is 46.4 Å². The maximum Gasteiger partial charge on any atom is 0.485 e. The minimum atomic E-state index is -6.09. The minimum absolute atomic E-state index is 1.00. The van der Waals surface area contributed by atoms with Crippen molar-refractivity contribution >= 4 is 16.1 Å². The Morgan fingerprint density at radius 2 is 1.06 bits per heavy atom. The summed E-state index contributed by atoms with van der Waals surface area (Å²) >= 11 is 0. The average molecular weight is 546 g/mol. The van der Waals surface area contributed by atoms with Crippen molar-refractivity contribution in [2.45, 2.75) is 124 Å². The number of aliphatic imine (C=N–C) groups is 1. The quantitative estimate of drug-likeness (QED) is 0.0452. The van der Waals surface area contributed by atoms with Crippen LogP contribution in [0.1, 0.15) is 119 Å². The largest absolute Gasteiger partial charge is 0.741 e. The lowest BCUT2D eigenvalue weighted by atomic mass is 10.1. The van der Waals surface area contributed by atoms with Gasteiger partial charge in [-0.25, -0.2) is 13.4 Å². The molecule has 0 bridgehead atoms. The van der Waals surface area contributed by atoms with Crippen LogP contribution < -0.4 is 0 Å². The highest BCUT2D eigenvalue weighted by Gasteiger charge is 2.37. The van der Waals surface area contributed by atoms with Crippen LogP contribution in [0.25, 0.3) is 0 Å². The van der Waals surface area contributed by atoms with Crippen LogP contribution in [0.3, 0.4) is 0 Å². The van der Waals surface area contributed by atoms with Gasteiger partial charge < -0.3 is 9.45 Å². The van der Waals surface area contributed by atoms with E-state index in [0.717, 1.165) is 11.0 Å². The van der Waals surface area contributed by atoms with Gasteiger partial charge in [0.25, 0.3) is 5.96 Å². The standard InChI is InChI=1S/C25H54N3.CHF3O3S/c1-7-13-19-26-25(27(20-14-8-2)21-15-9-3)28(22-16-10-4,23-17-11-5)24-18-12-6;2-1(3,4)8(5,6)7/h7-24H2,1-6H3;(H,5,6,7)/q+1;/p-1. The van der Waals surface area contributed by atoms with Gasteiger partial charge in [-0.05, 0) is 38.5 Å². The number of hydrogen-bond donors (Lipinski definition) is 0. The van der Waals surface area contributed by atoms with Gasteiger partial charge in [0.15, 0.2) is 10.1 Å². The van der Waals surface area contributed by atoms with E-state index < -0.39 is 15.6 Å². The lowest BCUT2D eigenvalue weighted by Gasteiger charge is -2.43. The van der Waals surface area contributed by atoms with Crippen LogP contribution in [0.4, 0.5) is 13.2 Å². The summed E-state index contributed by atoms with van der Waals surface area (Å²) in [5, 5.41) is 0. The SMILES string of the molecule is CCCCN=C(N(CCCC)CCCC)[N+](CCCC)(CCCC)CCCC.O=S(=O)([O-])C(F)(F)F. The van der Waals surface area contributed by atoms with Crippen molar-refractivity contribution in [3.05, 3.63) is 0 Å². The molecule has 0 aromatic heterocycles. The lowest BCUT2D eigenvalue weighted by Crippen LogP contribution is -2.61. The summed E-state index contributed by atoms with van der Waals surface area (Å²) in [5.41, 5.74) is -5.65. The molecule has 10 heteroatoms. The number of halogens is 3. The second-order valence-corrected chi connectivity index (χ2v) is 10.9. The number of alkyl halides is 3. The van der Waals surface area contributed by atoms with Crippen LogP contribution in [0.15, 0.2) is 4.99 Å². The molecule has 0 amide bonds. The molecule has 0 saturated heterocycles. The second kappa shape index (κ2) is 21.1. The summed E-state index contributed by atoms with van der Waals surface area (Å²) in [6, 6.07) is 0. The fraction of sp³-hybridized carbons (Fsp3) is 0.962. The monoisotopic (exact) mass is 545 g/mol. The first kappa shape index (κ1) is 37.3. The third-order valence-corrected chi connectivity index (χ3v) is 6.70. The van der Waals surface area contributed by atoms with Gasteiger partial charge >= 0.3 is 5.51 Å². The topological polar surface area (TPSA) is 72.8 Å². The van der Waals surface area contributed by atoms with Crippen LogP contribution in [0.5, 0.6) is 0 Å². The van der Waals surface area contributed by atoms with Gasteiger partial charge in [-0.1, -0.05) is 80.1 Å². The van der Waals surface area contributed by atoms with Crippen LogP contribution in [0, 0.1) is 0 Å². The molecule has 0 aromatic carbocycles. The Morgan fingerprint density at radius 1 is 0.722 bits per heavy atom. The summed E-state index contributed by atoms with van der Waals surface area (Å²) in [6.07, 6.45) is 15.3. The molecule has 0 N–H and O–H groups in total. The summed E-state index contributed by atoms with van der Waals surface area (Å²) in [5.74, 6) is 1.45.